The van der Waals surface area contributed by atoms with Gasteiger partial charge in [0.05, 0.1) is 5.25 Å². The molecule has 0 aromatic carbocycles. The van der Waals surface area contributed by atoms with Crippen LogP contribution in [0.5, 0.6) is 0 Å². The quantitative estimate of drug-likeness (QED) is 0.426. The lowest BCUT2D eigenvalue weighted by atomic mass is 10.2. The van der Waals surface area contributed by atoms with E-state index in [1.807, 2.05) is 27.7 Å². The lowest BCUT2D eigenvalue weighted by Gasteiger charge is -2.20. The van der Waals surface area contributed by atoms with Crippen molar-refractivity contribution in [2.45, 2.75) is 83.0 Å². The van der Waals surface area contributed by atoms with Gasteiger partial charge in [-0.3, -0.25) is 28.9 Å². The van der Waals surface area contributed by atoms with Crippen LogP contribution in [-0.4, -0.2) is 69.6 Å². The molecule has 5 amide bonds. The van der Waals surface area contributed by atoms with Crippen LogP contribution in [0.1, 0.15) is 54.4 Å². The van der Waals surface area contributed by atoms with E-state index >= 15 is 0 Å². The van der Waals surface area contributed by atoms with Crippen LogP contribution in [0.4, 0.5) is 0 Å². The number of hydrogen-bond donors (Lipinski definition) is 3. The average molecular weight is 429 g/mol. The number of carbonyl (C=O) groups excluding carboxylic acids is 5. The van der Waals surface area contributed by atoms with Crippen LogP contribution in [0.25, 0.3) is 0 Å². The summed E-state index contributed by atoms with van der Waals surface area (Å²) in [4.78, 5) is 61.6. The molecule has 0 aromatic rings. The van der Waals surface area contributed by atoms with Gasteiger partial charge in [0, 0.05) is 25.4 Å². The first-order valence-corrected chi connectivity index (χ1v) is 10.8. The zero-order chi connectivity index (χ0) is 22.3. The summed E-state index contributed by atoms with van der Waals surface area (Å²) in [6.07, 6.45) is 0.0655. The summed E-state index contributed by atoms with van der Waals surface area (Å²) >= 11 is 1.44. The number of thioether (sulfide) groups is 1. The molecule has 0 radical (unpaired) electrons. The maximum absolute atomic E-state index is 12.3. The van der Waals surface area contributed by atoms with Crippen LogP contribution >= 0.6 is 11.8 Å². The Morgan fingerprint density at radius 1 is 0.966 bits per heavy atom. The molecule has 1 saturated heterocycles. The highest BCUT2D eigenvalue weighted by Gasteiger charge is 2.39. The highest BCUT2D eigenvalue weighted by molar-refractivity contribution is 8.01. The van der Waals surface area contributed by atoms with E-state index in [2.05, 4.69) is 16.0 Å². The fourth-order valence-corrected chi connectivity index (χ4v) is 3.87. The molecular formula is C19H32N4O5S. The fraction of sp³-hybridized carbons (Fsp3) is 0.737. The molecule has 0 saturated carbocycles. The van der Waals surface area contributed by atoms with E-state index in [9.17, 15) is 24.0 Å². The summed E-state index contributed by atoms with van der Waals surface area (Å²) in [6, 6.07) is -1.64. The highest BCUT2D eigenvalue weighted by atomic mass is 32.2. The van der Waals surface area contributed by atoms with Gasteiger partial charge in [-0.1, -0.05) is 13.8 Å². The maximum atomic E-state index is 12.3. The van der Waals surface area contributed by atoms with Gasteiger partial charge >= 0.3 is 0 Å². The van der Waals surface area contributed by atoms with Crippen molar-refractivity contribution in [3.8, 4) is 0 Å². The van der Waals surface area contributed by atoms with Crippen molar-refractivity contribution in [1.29, 1.82) is 0 Å². The van der Waals surface area contributed by atoms with Gasteiger partial charge in [-0.05, 0) is 32.9 Å². The Bertz CT molecular complexity index is 653. The number of nitrogens with one attached hydrogen (secondary N) is 3. The third-order valence-electron chi connectivity index (χ3n) is 4.16. The minimum absolute atomic E-state index is 0.0137. The first-order chi connectivity index (χ1) is 13.4. The van der Waals surface area contributed by atoms with E-state index in [0.29, 0.717) is 0 Å². The van der Waals surface area contributed by atoms with E-state index in [0.717, 1.165) is 4.90 Å². The molecular weight excluding hydrogens is 396 g/mol. The van der Waals surface area contributed by atoms with Crippen LogP contribution in [0.3, 0.4) is 0 Å². The van der Waals surface area contributed by atoms with Crippen LogP contribution in [0.15, 0.2) is 0 Å². The van der Waals surface area contributed by atoms with Crippen molar-refractivity contribution in [3.05, 3.63) is 0 Å². The monoisotopic (exact) mass is 428 g/mol. The van der Waals surface area contributed by atoms with Gasteiger partial charge in [0.15, 0.2) is 0 Å². The standard InChI is InChI=1S/C19H32N4O5S/c1-10(2)20-17(26)13(6)22-18(27)12(5)21-15(24)7-8-23-16(25)9-14(19(23)28)29-11(3)4/h10-14H,7-9H2,1-6H3,(H,20,26)(H,21,24)(H,22,27)/t12-,13-,14?/m0/s1. The molecule has 1 aliphatic rings. The number of carbonyl (C=O) groups is 5. The topological polar surface area (TPSA) is 125 Å². The number of nitrogens with zero attached hydrogens (tertiary/aromatic N) is 1. The summed E-state index contributed by atoms with van der Waals surface area (Å²) in [7, 11) is 0. The summed E-state index contributed by atoms with van der Waals surface area (Å²) < 4.78 is 0. The Morgan fingerprint density at radius 2 is 1.52 bits per heavy atom. The Morgan fingerprint density at radius 3 is 2.07 bits per heavy atom. The van der Waals surface area contributed by atoms with Crippen molar-refractivity contribution in [2.75, 3.05) is 6.54 Å². The Balaban J connectivity index is 2.45. The number of amides is 5. The average Bonchev–Trinajstić information content (AvgIpc) is 2.84. The molecule has 0 bridgehead atoms. The molecule has 1 fully saturated rings. The van der Waals surface area contributed by atoms with Crippen LogP contribution in [0, 0.1) is 0 Å². The Kier molecular flexibility index (Phi) is 9.61. The van der Waals surface area contributed by atoms with Gasteiger partial charge < -0.3 is 16.0 Å². The fourth-order valence-electron chi connectivity index (χ4n) is 2.73. The lowest BCUT2D eigenvalue weighted by Crippen LogP contribution is -2.52. The molecule has 0 aliphatic carbocycles. The van der Waals surface area contributed by atoms with Gasteiger partial charge in [0.2, 0.25) is 29.5 Å². The van der Waals surface area contributed by atoms with E-state index in [-0.39, 0.29) is 48.4 Å². The highest BCUT2D eigenvalue weighted by Crippen LogP contribution is 2.28. The molecule has 0 aromatic heterocycles. The number of imide groups is 1. The van der Waals surface area contributed by atoms with E-state index < -0.39 is 29.1 Å². The van der Waals surface area contributed by atoms with E-state index in [1.54, 1.807) is 6.92 Å². The second kappa shape index (κ2) is 11.2. The van der Waals surface area contributed by atoms with Crippen molar-refractivity contribution in [2.24, 2.45) is 0 Å². The summed E-state index contributed by atoms with van der Waals surface area (Å²) in [6.45, 7) is 10.6. The molecule has 1 rings (SSSR count). The molecule has 164 valence electrons. The molecule has 1 heterocycles. The van der Waals surface area contributed by atoms with E-state index in [4.69, 9.17) is 0 Å². The normalized spacial score (nSPS) is 18.8. The molecule has 0 spiro atoms. The van der Waals surface area contributed by atoms with Crippen molar-refractivity contribution in [3.63, 3.8) is 0 Å². The van der Waals surface area contributed by atoms with Crippen LogP contribution in [0.2, 0.25) is 0 Å². The minimum atomic E-state index is -0.856. The summed E-state index contributed by atoms with van der Waals surface area (Å²) in [5, 5.41) is 7.59. The molecule has 10 heteroatoms. The minimum Gasteiger partial charge on any atom is -0.352 e. The SMILES string of the molecule is CC(C)NC(=O)[C@H](C)NC(=O)[C@H](C)NC(=O)CCN1C(=O)CC(SC(C)C)C1=O. The van der Waals surface area contributed by atoms with Gasteiger partial charge in [-0.25, -0.2) is 0 Å². The first kappa shape index (κ1) is 24.9. The van der Waals surface area contributed by atoms with Gasteiger partial charge in [-0.15, -0.1) is 11.8 Å². The van der Waals surface area contributed by atoms with Crippen molar-refractivity contribution in [1.82, 2.24) is 20.9 Å². The van der Waals surface area contributed by atoms with Gasteiger partial charge in [0.1, 0.15) is 12.1 Å². The predicted molar refractivity (Wildman–Crippen MR) is 111 cm³/mol. The molecule has 29 heavy (non-hydrogen) atoms. The predicted octanol–water partition coefficient (Wildman–Crippen LogP) is 0.180. The van der Waals surface area contributed by atoms with Crippen LogP contribution < -0.4 is 16.0 Å². The lowest BCUT2D eigenvalue weighted by molar-refractivity contribution is -0.139. The smallest absolute Gasteiger partial charge is 0.242 e. The number of rotatable bonds is 10. The van der Waals surface area contributed by atoms with Crippen molar-refractivity contribution < 1.29 is 24.0 Å². The Labute approximate surface area is 176 Å². The second-order valence-corrected chi connectivity index (χ2v) is 9.48. The Hall–Kier alpha value is -2.10. The molecule has 1 unspecified atom stereocenters. The summed E-state index contributed by atoms with van der Waals surface area (Å²) in [5.41, 5.74) is 0. The van der Waals surface area contributed by atoms with E-state index in [1.165, 1.54) is 18.7 Å². The zero-order valence-electron chi connectivity index (χ0n) is 17.9. The number of likely N-dealkylation sites (tertiary alicyclic amines) is 1. The van der Waals surface area contributed by atoms with Crippen molar-refractivity contribution >= 4 is 41.3 Å². The number of hydrogen-bond acceptors (Lipinski definition) is 6. The third kappa shape index (κ3) is 8.04. The largest absolute Gasteiger partial charge is 0.352 e. The molecule has 1 aliphatic heterocycles. The maximum Gasteiger partial charge on any atom is 0.242 e. The van der Waals surface area contributed by atoms with Gasteiger partial charge in [0.25, 0.3) is 0 Å². The first-order valence-electron chi connectivity index (χ1n) is 9.82. The molecule has 3 atom stereocenters. The third-order valence-corrected chi connectivity index (χ3v) is 5.40. The van der Waals surface area contributed by atoms with Crippen LogP contribution in [-0.2, 0) is 24.0 Å². The second-order valence-electron chi connectivity index (χ2n) is 7.69. The van der Waals surface area contributed by atoms with Gasteiger partial charge in [-0.2, -0.15) is 0 Å². The summed E-state index contributed by atoms with van der Waals surface area (Å²) in [5.74, 6) is -1.81. The molecule has 9 nitrogen and oxygen atoms in total. The zero-order valence-corrected chi connectivity index (χ0v) is 18.7. The molecule has 3 N–H and O–H groups in total.